The van der Waals surface area contributed by atoms with Crippen molar-refractivity contribution >= 4 is 0 Å². The molecule has 1 atom stereocenters. The van der Waals surface area contributed by atoms with Crippen LogP contribution in [-0.2, 0) is 17.6 Å². The molecule has 0 bridgehead atoms. The van der Waals surface area contributed by atoms with Crippen LogP contribution >= 0.6 is 0 Å². The molecule has 1 aliphatic rings. The van der Waals surface area contributed by atoms with Crippen LogP contribution in [0.2, 0.25) is 0 Å². The third-order valence-electron chi connectivity index (χ3n) is 5.04. The highest BCUT2D eigenvalue weighted by Gasteiger charge is 2.27. The molecule has 2 aromatic heterocycles. The molecule has 1 aliphatic heterocycles. The maximum Gasteiger partial charge on any atom is 0.227 e. The minimum atomic E-state index is -0.136. The van der Waals surface area contributed by atoms with Crippen LogP contribution in [0, 0.1) is 6.92 Å². The van der Waals surface area contributed by atoms with E-state index < -0.39 is 0 Å². The van der Waals surface area contributed by atoms with E-state index in [4.69, 9.17) is 13.7 Å². The summed E-state index contributed by atoms with van der Waals surface area (Å²) >= 11 is 0. The third kappa shape index (κ3) is 4.31. The predicted octanol–water partition coefficient (Wildman–Crippen LogP) is 3.60. The average molecular weight is 382 g/mol. The van der Waals surface area contributed by atoms with Crippen molar-refractivity contribution in [3.8, 4) is 11.3 Å². The second-order valence-electron chi connectivity index (χ2n) is 7.48. The molecule has 1 saturated heterocycles. The van der Waals surface area contributed by atoms with Crippen molar-refractivity contribution < 1.29 is 13.7 Å². The van der Waals surface area contributed by atoms with Crippen molar-refractivity contribution in [1.29, 1.82) is 0 Å². The Kier molecular flexibility index (Phi) is 5.54. The fourth-order valence-corrected chi connectivity index (χ4v) is 3.29. The molecular formula is C21H26N4O3. The highest BCUT2D eigenvalue weighted by atomic mass is 16.5. The lowest BCUT2D eigenvalue weighted by Gasteiger charge is -2.34. The molecule has 0 spiro atoms. The topological polar surface area (TPSA) is 77.4 Å². The molecule has 0 N–H and O–H groups in total. The van der Waals surface area contributed by atoms with Crippen molar-refractivity contribution in [1.82, 2.24) is 20.0 Å². The van der Waals surface area contributed by atoms with Gasteiger partial charge >= 0.3 is 0 Å². The number of aryl methyl sites for hydroxylation is 3. The molecule has 0 saturated carbocycles. The van der Waals surface area contributed by atoms with Gasteiger partial charge in [-0.15, -0.1) is 0 Å². The zero-order valence-electron chi connectivity index (χ0n) is 16.6. The monoisotopic (exact) mass is 382 g/mol. The molecule has 1 unspecified atom stereocenters. The van der Waals surface area contributed by atoms with Crippen LogP contribution in [0.15, 0.2) is 39.4 Å². The Morgan fingerprint density at radius 3 is 2.71 bits per heavy atom. The van der Waals surface area contributed by atoms with Gasteiger partial charge in [-0.3, -0.25) is 4.90 Å². The Labute approximate surface area is 164 Å². The molecule has 7 nitrogen and oxygen atoms in total. The van der Waals surface area contributed by atoms with E-state index in [1.54, 1.807) is 6.20 Å². The summed E-state index contributed by atoms with van der Waals surface area (Å²) in [6.07, 6.45) is 2.82. The molecule has 1 aromatic carbocycles. The van der Waals surface area contributed by atoms with E-state index in [-0.39, 0.29) is 6.10 Å². The van der Waals surface area contributed by atoms with Crippen LogP contribution in [0.4, 0.5) is 0 Å². The quantitative estimate of drug-likeness (QED) is 0.644. The Bertz CT molecular complexity index is 901. The van der Waals surface area contributed by atoms with Crippen molar-refractivity contribution in [3.05, 3.63) is 53.6 Å². The standard InChI is InChI=1S/C21H26N4O3/c1-14(2)25-10-11-26-18(13-25)21-23-20(28-24-21)9-8-19-22-12-17(27-19)16-6-4-15(3)5-7-16/h4-7,12,14,18H,8-11,13H2,1-3H3. The number of ether oxygens (including phenoxy) is 1. The lowest BCUT2D eigenvalue weighted by molar-refractivity contribution is -0.0450. The highest BCUT2D eigenvalue weighted by molar-refractivity contribution is 5.56. The van der Waals surface area contributed by atoms with Gasteiger partial charge in [-0.05, 0) is 20.8 Å². The minimum Gasteiger partial charge on any atom is -0.441 e. The smallest absolute Gasteiger partial charge is 0.227 e. The van der Waals surface area contributed by atoms with E-state index in [0.29, 0.717) is 43.1 Å². The van der Waals surface area contributed by atoms with E-state index in [9.17, 15) is 0 Å². The van der Waals surface area contributed by atoms with Gasteiger partial charge in [-0.1, -0.05) is 35.0 Å². The normalized spacial score (nSPS) is 18.1. The first-order chi connectivity index (χ1) is 13.6. The third-order valence-corrected chi connectivity index (χ3v) is 5.04. The van der Waals surface area contributed by atoms with Crippen molar-refractivity contribution in [2.75, 3.05) is 19.7 Å². The molecule has 0 aliphatic carbocycles. The number of rotatable bonds is 6. The Morgan fingerprint density at radius 1 is 1.14 bits per heavy atom. The van der Waals surface area contributed by atoms with Gasteiger partial charge in [0.2, 0.25) is 11.7 Å². The second kappa shape index (κ2) is 8.24. The highest BCUT2D eigenvalue weighted by Crippen LogP contribution is 2.23. The molecule has 3 heterocycles. The number of hydrogen-bond acceptors (Lipinski definition) is 7. The second-order valence-corrected chi connectivity index (χ2v) is 7.48. The van der Waals surface area contributed by atoms with E-state index >= 15 is 0 Å². The molecule has 7 heteroatoms. The summed E-state index contributed by atoms with van der Waals surface area (Å²) in [6, 6.07) is 8.67. The number of oxazole rings is 1. The van der Waals surface area contributed by atoms with Crippen LogP contribution in [-0.4, -0.2) is 45.8 Å². The maximum absolute atomic E-state index is 5.86. The maximum atomic E-state index is 5.86. The molecule has 0 amide bonds. The molecule has 28 heavy (non-hydrogen) atoms. The summed E-state index contributed by atoms with van der Waals surface area (Å²) in [7, 11) is 0. The molecule has 4 rings (SSSR count). The fourth-order valence-electron chi connectivity index (χ4n) is 3.29. The molecule has 148 valence electrons. The van der Waals surface area contributed by atoms with E-state index in [2.05, 4.69) is 52.9 Å². The fraction of sp³-hybridized carbons (Fsp3) is 0.476. The van der Waals surface area contributed by atoms with E-state index in [1.807, 2.05) is 12.1 Å². The van der Waals surface area contributed by atoms with Gasteiger partial charge in [0.05, 0.1) is 12.8 Å². The molecule has 3 aromatic rings. The summed E-state index contributed by atoms with van der Waals surface area (Å²) in [5, 5.41) is 4.12. The predicted molar refractivity (Wildman–Crippen MR) is 104 cm³/mol. The van der Waals surface area contributed by atoms with Crippen molar-refractivity contribution in [2.45, 2.75) is 45.8 Å². The van der Waals surface area contributed by atoms with Crippen molar-refractivity contribution in [3.63, 3.8) is 0 Å². The van der Waals surface area contributed by atoms with Gasteiger partial charge in [-0.25, -0.2) is 4.98 Å². The van der Waals surface area contributed by atoms with Crippen LogP contribution in [0.25, 0.3) is 11.3 Å². The zero-order valence-corrected chi connectivity index (χ0v) is 16.6. The SMILES string of the molecule is Cc1ccc(-c2cnc(CCc3nc(C4CN(C(C)C)CCO4)no3)o2)cc1. The molecule has 0 radical (unpaired) electrons. The number of aromatic nitrogens is 3. The zero-order chi connectivity index (χ0) is 19.5. The number of nitrogens with zero attached hydrogens (tertiary/aromatic N) is 4. The summed E-state index contributed by atoms with van der Waals surface area (Å²) in [5.74, 6) is 2.63. The van der Waals surface area contributed by atoms with Gasteiger partial charge in [0.15, 0.2) is 11.7 Å². The van der Waals surface area contributed by atoms with Gasteiger partial charge < -0.3 is 13.7 Å². The number of hydrogen-bond donors (Lipinski definition) is 0. The van der Waals surface area contributed by atoms with Gasteiger partial charge in [0, 0.05) is 37.5 Å². The summed E-state index contributed by atoms with van der Waals surface area (Å²) in [6.45, 7) is 8.84. The summed E-state index contributed by atoms with van der Waals surface area (Å²) < 4.78 is 17.1. The molecule has 1 fully saturated rings. The van der Waals surface area contributed by atoms with Crippen LogP contribution in [0.1, 0.15) is 43.1 Å². The van der Waals surface area contributed by atoms with E-state index in [1.165, 1.54) is 5.56 Å². The first kappa shape index (κ1) is 18.8. The van der Waals surface area contributed by atoms with Crippen LogP contribution in [0.3, 0.4) is 0 Å². The summed E-state index contributed by atoms with van der Waals surface area (Å²) in [5.41, 5.74) is 2.24. The Balaban J connectivity index is 1.35. The first-order valence-corrected chi connectivity index (χ1v) is 9.78. The summed E-state index contributed by atoms with van der Waals surface area (Å²) in [4.78, 5) is 11.3. The Morgan fingerprint density at radius 2 is 1.93 bits per heavy atom. The van der Waals surface area contributed by atoms with E-state index in [0.717, 1.165) is 24.4 Å². The Hall–Kier alpha value is -2.51. The number of morpholine rings is 1. The van der Waals surface area contributed by atoms with Crippen molar-refractivity contribution in [2.24, 2.45) is 0 Å². The average Bonchev–Trinajstić information content (AvgIpc) is 3.37. The lowest BCUT2D eigenvalue weighted by atomic mass is 10.1. The first-order valence-electron chi connectivity index (χ1n) is 9.78. The minimum absolute atomic E-state index is 0.136. The van der Waals surface area contributed by atoms with Crippen LogP contribution in [0.5, 0.6) is 0 Å². The number of benzene rings is 1. The largest absolute Gasteiger partial charge is 0.441 e. The molecular weight excluding hydrogens is 356 g/mol. The van der Waals surface area contributed by atoms with Gasteiger partial charge in [0.25, 0.3) is 0 Å². The van der Waals surface area contributed by atoms with Gasteiger partial charge in [-0.2, -0.15) is 4.98 Å². The lowest BCUT2D eigenvalue weighted by Crippen LogP contribution is -2.42. The van der Waals surface area contributed by atoms with Gasteiger partial charge in [0.1, 0.15) is 6.10 Å². The van der Waals surface area contributed by atoms with Crippen LogP contribution < -0.4 is 0 Å².